The summed E-state index contributed by atoms with van der Waals surface area (Å²) in [6.07, 6.45) is 2.45. The van der Waals surface area contributed by atoms with Gasteiger partial charge in [0.25, 0.3) is 11.8 Å². The van der Waals surface area contributed by atoms with Crippen LogP contribution in [0.5, 0.6) is 0 Å². The Morgan fingerprint density at radius 3 is 2.61 bits per heavy atom. The molecular weight excluding hydrogens is 506 g/mol. The van der Waals surface area contributed by atoms with Crippen LogP contribution in [0.25, 0.3) is 10.9 Å². The lowest BCUT2D eigenvalue weighted by molar-refractivity contribution is 0.0668. The molecule has 2 aliphatic heterocycles. The Morgan fingerprint density at radius 1 is 1.16 bits per heavy atom. The molecule has 200 valence electrons. The Balaban J connectivity index is 1.22. The van der Waals surface area contributed by atoms with Gasteiger partial charge in [0.2, 0.25) is 0 Å². The van der Waals surface area contributed by atoms with Gasteiger partial charge in [-0.1, -0.05) is 18.5 Å². The van der Waals surface area contributed by atoms with Crippen molar-refractivity contribution in [2.24, 2.45) is 4.99 Å². The minimum atomic E-state index is -0.582. The summed E-state index contributed by atoms with van der Waals surface area (Å²) in [5.74, 6) is -0.380. The summed E-state index contributed by atoms with van der Waals surface area (Å²) in [5.41, 5.74) is 15.3. The number of anilines is 2. The van der Waals surface area contributed by atoms with Crippen LogP contribution in [0.3, 0.4) is 0 Å². The van der Waals surface area contributed by atoms with Gasteiger partial charge in [0.15, 0.2) is 28.4 Å². The number of halogens is 1. The molecule has 0 radical (unpaired) electrons. The number of aryl methyl sites for hydroxylation is 2. The van der Waals surface area contributed by atoms with Gasteiger partial charge in [0.05, 0.1) is 12.1 Å². The van der Waals surface area contributed by atoms with Crippen LogP contribution in [0.4, 0.5) is 11.6 Å². The lowest BCUT2D eigenvalue weighted by atomic mass is 9.88. The van der Waals surface area contributed by atoms with Crippen molar-refractivity contribution in [1.82, 2.24) is 30.1 Å². The summed E-state index contributed by atoms with van der Waals surface area (Å²) >= 11 is 5.89. The fraction of sp³-hybridized carbons (Fsp3) is 0.423. The molecule has 38 heavy (non-hydrogen) atoms. The van der Waals surface area contributed by atoms with E-state index in [2.05, 4.69) is 57.0 Å². The Morgan fingerprint density at radius 2 is 1.89 bits per heavy atom. The fourth-order valence-corrected chi connectivity index (χ4v) is 5.43. The van der Waals surface area contributed by atoms with Crippen LogP contribution in [-0.2, 0) is 6.54 Å². The number of hydrogen-bond donors (Lipinski definition) is 4. The number of carbonyl (C=O) groups is 2. The van der Waals surface area contributed by atoms with E-state index in [4.69, 9.17) is 23.1 Å². The minimum Gasteiger partial charge on any atom is -0.382 e. The number of fused-ring (bicyclic) bond motifs is 1. The van der Waals surface area contributed by atoms with Gasteiger partial charge in [0, 0.05) is 41.8 Å². The van der Waals surface area contributed by atoms with Crippen molar-refractivity contribution in [2.45, 2.75) is 52.1 Å². The average molecular weight is 538 g/mol. The molecule has 1 spiro atoms. The smallest absolute Gasteiger partial charge is 0.280 e. The maximum absolute atomic E-state index is 13.4. The summed E-state index contributed by atoms with van der Waals surface area (Å²) < 4.78 is 2.33. The second-order valence-electron chi connectivity index (χ2n) is 10.0. The van der Waals surface area contributed by atoms with Gasteiger partial charge >= 0.3 is 0 Å². The van der Waals surface area contributed by atoms with Crippen LogP contribution >= 0.6 is 11.6 Å². The monoisotopic (exact) mass is 537 g/mol. The quantitative estimate of drug-likeness (QED) is 0.398. The summed E-state index contributed by atoms with van der Waals surface area (Å²) in [5, 5.41) is 7.06. The number of nitrogens with zero attached hydrogens (tertiary/aromatic N) is 5. The highest BCUT2D eigenvalue weighted by molar-refractivity contribution is 6.31. The van der Waals surface area contributed by atoms with Crippen molar-refractivity contribution in [3.63, 3.8) is 0 Å². The zero-order chi connectivity index (χ0) is 27.2. The third kappa shape index (κ3) is 4.51. The van der Waals surface area contributed by atoms with E-state index in [-0.39, 0.29) is 33.9 Å². The van der Waals surface area contributed by atoms with Crippen molar-refractivity contribution >= 4 is 51.9 Å². The molecule has 12 heteroatoms. The molecule has 0 atom stereocenters. The number of nitrogens with two attached hydrogens (primary N) is 2. The van der Waals surface area contributed by atoms with E-state index in [1.807, 2.05) is 17.0 Å². The lowest BCUT2D eigenvalue weighted by Crippen LogP contribution is -2.57. The zero-order valence-corrected chi connectivity index (χ0v) is 22.5. The second kappa shape index (κ2) is 9.79. The van der Waals surface area contributed by atoms with Crippen molar-refractivity contribution in [1.29, 1.82) is 0 Å². The number of aromatic nitrogens is 3. The van der Waals surface area contributed by atoms with Crippen molar-refractivity contribution in [2.75, 3.05) is 31.1 Å². The predicted molar refractivity (Wildman–Crippen MR) is 148 cm³/mol. The minimum absolute atomic E-state index is 0.0313. The topological polar surface area (TPSA) is 157 Å². The molecule has 11 nitrogen and oxygen atoms in total. The third-order valence-corrected chi connectivity index (χ3v) is 7.89. The normalized spacial score (nSPS) is 16.5. The molecule has 5 rings (SSSR count). The molecule has 0 unspecified atom stereocenters. The number of aliphatic imine (C=N–C) groups is 1. The van der Waals surface area contributed by atoms with Gasteiger partial charge in [-0.05, 0) is 56.9 Å². The number of carbonyl (C=O) groups excluding carboxylic acids is 2. The number of piperidine rings is 1. The molecule has 2 aliphatic rings. The van der Waals surface area contributed by atoms with E-state index < -0.39 is 5.91 Å². The van der Waals surface area contributed by atoms with E-state index in [1.165, 1.54) is 16.8 Å². The number of hydrogen-bond acceptors (Lipinski definition) is 8. The van der Waals surface area contributed by atoms with E-state index >= 15 is 0 Å². The number of amides is 2. The highest BCUT2D eigenvalue weighted by atomic mass is 35.5. The SMILES string of the molecule is CCCn1c(C)c(C)c2cc(C(=O)N3CCC4(CC3)CN=C(NC(=O)c3nc(Cl)c(N)nc3N)N4)ccc21. The molecule has 0 bridgehead atoms. The first-order valence-electron chi connectivity index (χ1n) is 12.7. The van der Waals surface area contributed by atoms with E-state index in [1.54, 1.807) is 0 Å². The van der Waals surface area contributed by atoms with Crippen molar-refractivity contribution < 1.29 is 9.59 Å². The van der Waals surface area contributed by atoms with Gasteiger partial charge in [-0.3, -0.25) is 19.9 Å². The standard InChI is InChI=1S/C26H32ClN9O2/c1-4-9-36-15(3)14(2)17-12-16(5-6-18(17)36)24(38)35-10-7-26(8-11-35)13-30-25(34-26)33-23(37)19-21(28)32-22(29)20(27)31-19/h5-6,12H,4,7-11,13H2,1-3H3,(H4,28,29,32)(H2,30,33,34,37). The highest BCUT2D eigenvalue weighted by Crippen LogP contribution is 2.30. The number of guanidine groups is 1. The molecule has 2 amide bonds. The third-order valence-electron chi connectivity index (χ3n) is 7.62. The lowest BCUT2D eigenvalue weighted by Gasteiger charge is -2.39. The molecule has 1 fully saturated rings. The Bertz CT molecular complexity index is 1470. The summed E-state index contributed by atoms with van der Waals surface area (Å²) in [4.78, 5) is 40.2. The van der Waals surface area contributed by atoms with Gasteiger partial charge in [-0.15, -0.1) is 0 Å². The Kier molecular flexibility index (Phi) is 6.64. The molecule has 1 saturated heterocycles. The fourth-order valence-electron chi connectivity index (χ4n) is 5.30. The van der Waals surface area contributed by atoms with Crippen LogP contribution in [-0.4, -0.2) is 62.4 Å². The van der Waals surface area contributed by atoms with Gasteiger partial charge in [0.1, 0.15) is 0 Å². The second-order valence-corrected chi connectivity index (χ2v) is 10.4. The molecule has 0 saturated carbocycles. The average Bonchev–Trinajstić information content (AvgIpc) is 3.39. The zero-order valence-electron chi connectivity index (χ0n) is 21.8. The molecule has 2 aromatic heterocycles. The molecule has 0 aliphatic carbocycles. The van der Waals surface area contributed by atoms with Gasteiger partial charge in [-0.2, -0.15) is 0 Å². The van der Waals surface area contributed by atoms with Crippen molar-refractivity contribution in [3.05, 3.63) is 45.9 Å². The number of nitrogen functional groups attached to an aromatic ring is 2. The van der Waals surface area contributed by atoms with Gasteiger partial charge < -0.3 is 26.3 Å². The number of nitrogens with one attached hydrogen (secondary N) is 2. The van der Waals surface area contributed by atoms with Crippen molar-refractivity contribution in [3.8, 4) is 0 Å². The number of rotatable bonds is 4. The number of benzene rings is 1. The van der Waals surface area contributed by atoms with Gasteiger partial charge in [-0.25, -0.2) is 9.97 Å². The van der Waals surface area contributed by atoms with E-state index in [9.17, 15) is 9.59 Å². The first-order chi connectivity index (χ1) is 18.1. The molecule has 6 N–H and O–H groups in total. The van der Waals surface area contributed by atoms with Crippen LogP contribution in [0, 0.1) is 13.8 Å². The van der Waals surface area contributed by atoms with Crippen LogP contribution in [0.15, 0.2) is 23.2 Å². The first kappa shape index (κ1) is 25.8. The number of likely N-dealkylation sites (tertiary alicyclic amines) is 1. The summed E-state index contributed by atoms with van der Waals surface area (Å²) in [7, 11) is 0. The van der Waals surface area contributed by atoms with Crippen LogP contribution in [0.2, 0.25) is 5.15 Å². The Labute approximate surface area is 225 Å². The highest BCUT2D eigenvalue weighted by Gasteiger charge is 2.40. The molecule has 1 aromatic carbocycles. The van der Waals surface area contributed by atoms with E-state index in [0.29, 0.717) is 44.0 Å². The maximum atomic E-state index is 13.4. The maximum Gasteiger partial charge on any atom is 0.280 e. The predicted octanol–water partition coefficient (Wildman–Crippen LogP) is 2.64. The van der Waals surface area contributed by atoms with Crippen LogP contribution in [0.1, 0.15) is 58.3 Å². The van der Waals surface area contributed by atoms with Crippen LogP contribution < -0.4 is 22.1 Å². The summed E-state index contributed by atoms with van der Waals surface area (Å²) in [6, 6.07) is 6.03. The Hall–Kier alpha value is -3.86. The molecular formula is C26H32ClN9O2. The van der Waals surface area contributed by atoms with E-state index in [0.717, 1.165) is 18.4 Å². The molecule has 3 aromatic rings. The molecule has 4 heterocycles. The largest absolute Gasteiger partial charge is 0.382 e. The first-order valence-corrected chi connectivity index (χ1v) is 13.1. The summed E-state index contributed by atoms with van der Waals surface area (Å²) in [6.45, 7) is 9.05.